The molecule has 0 spiro atoms. The Morgan fingerprint density at radius 3 is 2.25 bits per heavy atom. The van der Waals surface area contributed by atoms with Crippen molar-refractivity contribution in [3.05, 3.63) is 5.89 Å². The third kappa shape index (κ3) is 4.18. The fourth-order valence-electron chi connectivity index (χ4n) is 2.05. The van der Waals surface area contributed by atoms with Crippen LogP contribution in [0.2, 0.25) is 0 Å². The molecule has 0 radical (unpaired) electrons. The Labute approximate surface area is 96.8 Å². The lowest BCUT2D eigenvalue weighted by Gasteiger charge is -2.32. The van der Waals surface area contributed by atoms with Crippen LogP contribution in [0.1, 0.15) is 46.9 Å². The Morgan fingerprint density at radius 2 is 1.81 bits per heavy atom. The van der Waals surface area contributed by atoms with Gasteiger partial charge in [0.25, 0.3) is 0 Å². The van der Waals surface area contributed by atoms with E-state index in [1.165, 1.54) is 0 Å². The maximum absolute atomic E-state index is 5.40. The largest absolute Gasteiger partial charge is 0.407 e. The van der Waals surface area contributed by atoms with Crippen LogP contribution in [0.15, 0.2) is 4.42 Å². The lowest BCUT2D eigenvalue weighted by Crippen LogP contribution is -2.35. The monoisotopic (exact) mass is 226 g/mol. The minimum absolute atomic E-state index is 0.0867. The zero-order valence-electron chi connectivity index (χ0n) is 10.8. The SMILES string of the molecule is CC(C)(C)CC(C)(C)Nc1nnc(CN)o1. The Kier molecular flexibility index (Phi) is 3.57. The number of anilines is 1. The standard InChI is InChI=1S/C11H22N4O/c1-10(2,3)7-11(4,5)13-9-15-14-8(6-12)16-9/h6-7,12H2,1-5H3,(H,13,15). The number of nitrogens with one attached hydrogen (secondary N) is 1. The van der Waals surface area contributed by atoms with Crippen LogP contribution in [0.25, 0.3) is 0 Å². The fraction of sp³-hybridized carbons (Fsp3) is 0.818. The van der Waals surface area contributed by atoms with Gasteiger partial charge < -0.3 is 15.5 Å². The molecule has 0 unspecified atom stereocenters. The maximum Gasteiger partial charge on any atom is 0.315 e. The molecule has 0 bridgehead atoms. The molecular weight excluding hydrogens is 204 g/mol. The smallest absolute Gasteiger partial charge is 0.315 e. The van der Waals surface area contributed by atoms with Crippen LogP contribution < -0.4 is 11.1 Å². The Balaban J connectivity index is 2.65. The van der Waals surface area contributed by atoms with Crippen molar-refractivity contribution in [1.29, 1.82) is 0 Å². The number of rotatable bonds is 4. The zero-order valence-corrected chi connectivity index (χ0v) is 10.8. The lowest BCUT2D eigenvalue weighted by atomic mass is 9.82. The fourth-order valence-corrected chi connectivity index (χ4v) is 2.05. The zero-order chi connectivity index (χ0) is 12.4. The highest BCUT2D eigenvalue weighted by Gasteiger charge is 2.26. The van der Waals surface area contributed by atoms with Crippen molar-refractivity contribution in [1.82, 2.24) is 10.2 Å². The topological polar surface area (TPSA) is 77.0 Å². The van der Waals surface area contributed by atoms with Gasteiger partial charge in [-0.25, -0.2) is 0 Å². The number of hydrogen-bond acceptors (Lipinski definition) is 5. The van der Waals surface area contributed by atoms with Gasteiger partial charge in [-0.05, 0) is 25.7 Å². The molecule has 5 heteroatoms. The van der Waals surface area contributed by atoms with Gasteiger partial charge in [-0.1, -0.05) is 25.9 Å². The molecule has 0 aliphatic heterocycles. The first-order chi connectivity index (χ1) is 7.22. The Bertz CT molecular complexity index is 338. The molecule has 0 aliphatic rings. The van der Waals surface area contributed by atoms with Crippen molar-refractivity contribution in [3.63, 3.8) is 0 Å². The third-order valence-corrected chi connectivity index (χ3v) is 2.06. The van der Waals surface area contributed by atoms with Crippen molar-refractivity contribution >= 4 is 6.01 Å². The number of hydrogen-bond donors (Lipinski definition) is 2. The summed E-state index contributed by atoms with van der Waals surface area (Å²) >= 11 is 0. The second-order valence-electron chi connectivity index (χ2n) is 5.95. The van der Waals surface area contributed by atoms with Gasteiger partial charge in [-0.2, -0.15) is 0 Å². The third-order valence-electron chi connectivity index (χ3n) is 2.06. The van der Waals surface area contributed by atoms with E-state index in [1.54, 1.807) is 0 Å². The highest BCUT2D eigenvalue weighted by atomic mass is 16.4. The maximum atomic E-state index is 5.40. The van der Waals surface area contributed by atoms with Crippen LogP contribution in [-0.4, -0.2) is 15.7 Å². The number of nitrogens with zero attached hydrogens (tertiary/aromatic N) is 2. The Hall–Kier alpha value is -1.10. The highest BCUT2D eigenvalue weighted by molar-refractivity contribution is 5.22. The average Bonchev–Trinajstić information content (AvgIpc) is 2.46. The molecule has 0 saturated carbocycles. The van der Waals surface area contributed by atoms with Gasteiger partial charge in [0.05, 0.1) is 6.54 Å². The van der Waals surface area contributed by atoms with E-state index in [9.17, 15) is 0 Å². The van der Waals surface area contributed by atoms with E-state index in [2.05, 4.69) is 50.1 Å². The first-order valence-corrected chi connectivity index (χ1v) is 5.52. The molecule has 1 heterocycles. The molecule has 1 aromatic heterocycles. The van der Waals surface area contributed by atoms with Crippen LogP contribution >= 0.6 is 0 Å². The van der Waals surface area contributed by atoms with Crippen LogP contribution in [0, 0.1) is 5.41 Å². The van der Waals surface area contributed by atoms with Gasteiger partial charge in [-0.15, -0.1) is 5.10 Å². The molecule has 0 aromatic carbocycles. The van der Waals surface area contributed by atoms with E-state index in [4.69, 9.17) is 10.2 Å². The van der Waals surface area contributed by atoms with Crippen molar-refractivity contribution in [3.8, 4) is 0 Å². The summed E-state index contributed by atoms with van der Waals surface area (Å²) in [5, 5.41) is 10.9. The number of aromatic nitrogens is 2. The van der Waals surface area contributed by atoms with Crippen molar-refractivity contribution in [2.45, 2.75) is 53.1 Å². The number of nitrogens with two attached hydrogens (primary N) is 1. The summed E-state index contributed by atoms with van der Waals surface area (Å²) in [5.41, 5.74) is 5.56. The summed E-state index contributed by atoms with van der Waals surface area (Å²) in [5.74, 6) is 0.453. The van der Waals surface area contributed by atoms with E-state index in [-0.39, 0.29) is 17.5 Å². The first-order valence-electron chi connectivity index (χ1n) is 5.52. The molecule has 0 aliphatic carbocycles. The van der Waals surface area contributed by atoms with E-state index >= 15 is 0 Å². The van der Waals surface area contributed by atoms with Crippen molar-refractivity contribution in [2.75, 3.05) is 5.32 Å². The van der Waals surface area contributed by atoms with Gasteiger partial charge in [0.2, 0.25) is 5.89 Å². The molecule has 0 fully saturated rings. The molecule has 0 atom stereocenters. The van der Waals surface area contributed by atoms with E-state index in [0.717, 1.165) is 6.42 Å². The summed E-state index contributed by atoms with van der Waals surface area (Å²) in [6, 6.07) is 0.440. The summed E-state index contributed by atoms with van der Waals surface area (Å²) in [6.45, 7) is 11.1. The average molecular weight is 226 g/mol. The van der Waals surface area contributed by atoms with Crippen LogP contribution in [-0.2, 0) is 6.54 Å². The van der Waals surface area contributed by atoms with E-state index in [1.807, 2.05) is 0 Å². The first kappa shape index (κ1) is 13.0. The minimum Gasteiger partial charge on any atom is -0.407 e. The molecule has 92 valence electrons. The molecule has 1 aromatic rings. The molecule has 0 saturated heterocycles. The highest BCUT2D eigenvalue weighted by Crippen LogP contribution is 2.29. The van der Waals surface area contributed by atoms with Crippen LogP contribution in [0.3, 0.4) is 0 Å². The molecule has 1 rings (SSSR count). The predicted molar refractivity (Wildman–Crippen MR) is 64.0 cm³/mol. The quantitative estimate of drug-likeness (QED) is 0.822. The van der Waals surface area contributed by atoms with Gasteiger partial charge >= 0.3 is 6.01 Å². The van der Waals surface area contributed by atoms with Crippen molar-refractivity contribution in [2.24, 2.45) is 11.1 Å². The van der Waals surface area contributed by atoms with Gasteiger partial charge in [0.1, 0.15) is 0 Å². The molecule has 0 amide bonds. The van der Waals surface area contributed by atoms with Gasteiger partial charge in [0.15, 0.2) is 0 Å². The molecule has 16 heavy (non-hydrogen) atoms. The van der Waals surface area contributed by atoms with Gasteiger partial charge in [0, 0.05) is 5.54 Å². The minimum atomic E-state index is -0.0867. The normalized spacial score (nSPS) is 12.9. The lowest BCUT2D eigenvalue weighted by molar-refractivity contribution is 0.297. The summed E-state index contributed by atoms with van der Waals surface area (Å²) in [6.07, 6.45) is 1.00. The van der Waals surface area contributed by atoms with Gasteiger partial charge in [-0.3, -0.25) is 0 Å². The van der Waals surface area contributed by atoms with E-state index < -0.39 is 0 Å². The second kappa shape index (κ2) is 4.41. The Morgan fingerprint density at radius 1 is 1.19 bits per heavy atom. The summed E-state index contributed by atoms with van der Waals surface area (Å²) in [4.78, 5) is 0. The van der Waals surface area contributed by atoms with E-state index in [0.29, 0.717) is 11.9 Å². The molecule has 5 nitrogen and oxygen atoms in total. The molecular formula is C11H22N4O. The predicted octanol–water partition coefficient (Wildman–Crippen LogP) is 2.15. The van der Waals surface area contributed by atoms with Crippen molar-refractivity contribution < 1.29 is 4.42 Å². The summed E-state index contributed by atoms with van der Waals surface area (Å²) < 4.78 is 5.32. The van der Waals surface area contributed by atoms with Crippen LogP contribution in [0.4, 0.5) is 6.01 Å². The van der Waals surface area contributed by atoms with Crippen LogP contribution in [0.5, 0.6) is 0 Å². The molecule has 3 N–H and O–H groups in total. The second-order valence-corrected chi connectivity index (χ2v) is 5.95. The summed E-state index contributed by atoms with van der Waals surface area (Å²) in [7, 11) is 0.